The number of hydrogen-bond acceptors (Lipinski definition) is 4. The molecular weight excluding hydrogens is 325 g/mol. The second-order valence-electron chi connectivity index (χ2n) is 5.30. The van der Waals surface area contributed by atoms with Crippen molar-refractivity contribution in [3.05, 3.63) is 17.0 Å². The zero-order chi connectivity index (χ0) is 15.8. The van der Waals surface area contributed by atoms with E-state index in [1.807, 2.05) is 6.92 Å². The van der Waals surface area contributed by atoms with Gasteiger partial charge in [0.1, 0.15) is 5.76 Å². The molecule has 0 saturated carbocycles. The van der Waals surface area contributed by atoms with Crippen LogP contribution in [0.4, 0.5) is 13.2 Å². The average molecular weight is 343 g/mol. The Morgan fingerprint density at radius 1 is 1.45 bits per heavy atom. The van der Waals surface area contributed by atoms with Crippen LogP contribution in [0.3, 0.4) is 0 Å². The molecular formula is C13H18ClF3N2O3. The number of aliphatic carboxylic acids is 1. The minimum atomic E-state index is -4.50. The topological polar surface area (TPSA) is 66.6 Å². The third kappa shape index (κ3) is 3.73. The Kier molecular flexibility index (Phi) is 5.86. The van der Waals surface area contributed by atoms with Crippen LogP contribution in [-0.2, 0) is 17.8 Å². The van der Waals surface area contributed by atoms with Gasteiger partial charge in [0.25, 0.3) is 0 Å². The van der Waals surface area contributed by atoms with Crippen molar-refractivity contribution in [2.45, 2.75) is 33.0 Å². The fourth-order valence-corrected chi connectivity index (χ4v) is 2.74. The molecule has 1 fully saturated rings. The van der Waals surface area contributed by atoms with Gasteiger partial charge < -0.3 is 9.63 Å². The number of rotatable bonds is 4. The van der Waals surface area contributed by atoms with E-state index in [1.165, 1.54) is 4.90 Å². The van der Waals surface area contributed by atoms with Crippen LogP contribution in [-0.4, -0.2) is 40.4 Å². The lowest BCUT2D eigenvalue weighted by atomic mass is 9.96. The van der Waals surface area contributed by atoms with E-state index in [1.54, 1.807) is 6.92 Å². The molecule has 1 aromatic heterocycles. The number of halogens is 4. The quantitative estimate of drug-likeness (QED) is 0.911. The number of aryl methyl sites for hydroxylation is 2. The molecule has 0 aliphatic carbocycles. The number of nitrogens with zero attached hydrogens (tertiary/aromatic N) is 2. The molecule has 2 atom stereocenters. The Hall–Kier alpha value is -1.28. The van der Waals surface area contributed by atoms with Gasteiger partial charge in [-0.1, -0.05) is 12.1 Å². The lowest BCUT2D eigenvalue weighted by Gasteiger charge is -2.18. The molecule has 1 N–H and O–H groups in total. The number of likely N-dealkylation sites (tertiary alicyclic amines) is 1. The Balaban J connectivity index is 0.00000242. The average Bonchev–Trinajstić information content (AvgIpc) is 2.95. The molecule has 2 rings (SSSR count). The van der Waals surface area contributed by atoms with Crippen LogP contribution in [0.25, 0.3) is 0 Å². The first-order chi connectivity index (χ1) is 9.74. The van der Waals surface area contributed by atoms with Gasteiger partial charge in [0, 0.05) is 25.2 Å². The molecule has 1 saturated heterocycles. The largest absolute Gasteiger partial charge is 0.481 e. The van der Waals surface area contributed by atoms with Crippen molar-refractivity contribution in [3.63, 3.8) is 0 Å². The molecule has 1 aromatic rings. The maximum absolute atomic E-state index is 12.9. The zero-order valence-corrected chi connectivity index (χ0v) is 13.0. The van der Waals surface area contributed by atoms with Crippen LogP contribution in [0.5, 0.6) is 0 Å². The molecule has 0 bridgehead atoms. The number of carbonyl (C=O) groups is 1. The van der Waals surface area contributed by atoms with E-state index in [9.17, 15) is 18.0 Å². The summed E-state index contributed by atoms with van der Waals surface area (Å²) in [6, 6.07) is 0. The summed E-state index contributed by atoms with van der Waals surface area (Å²) in [5.41, 5.74) is 1.46. The minimum absolute atomic E-state index is 0. The monoisotopic (exact) mass is 342 g/mol. The van der Waals surface area contributed by atoms with Crippen molar-refractivity contribution in [3.8, 4) is 0 Å². The Morgan fingerprint density at radius 2 is 2.09 bits per heavy atom. The summed E-state index contributed by atoms with van der Waals surface area (Å²) >= 11 is 0. The van der Waals surface area contributed by atoms with Crippen LogP contribution in [0.15, 0.2) is 4.52 Å². The third-order valence-electron chi connectivity index (χ3n) is 3.92. The zero-order valence-electron chi connectivity index (χ0n) is 12.2. The summed E-state index contributed by atoms with van der Waals surface area (Å²) in [4.78, 5) is 12.5. The molecule has 0 aromatic carbocycles. The third-order valence-corrected chi connectivity index (χ3v) is 3.92. The first-order valence-electron chi connectivity index (χ1n) is 6.70. The Bertz CT molecular complexity index is 533. The van der Waals surface area contributed by atoms with Crippen molar-refractivity contribution in [1.29, 1.82) is 0 Å². The molecule has 5 nitrogen and oxygen atoms in total. The van der Waals surface area contributed by atoms with Gasteiger partial charge in [0.15, 0.2) is 0 Å². The number of carboxylic acid groups (broad SMARTS) is 1. The summed E-state index contributed by atoms with van der Waals surface area (Å²) in [6.45, 7) is 3.38. The van der Waals surface area contributed by atoms with Gasteiger partial charge in [-0.25, -0.2) is 0 Å². The minimum Gasteiger partial charge on any atom is -0.481 e. The summed E-state index contributed by atoms with van der Waals surface area (Å²) < 4.78 is 43.8. The maximum atomic E-state index is 12.9. The predicted octanol–water partition coefficient (Wildman–Crippen LogP) is 2.66. The van der Waals surface area contributed by atoms with Gasteiger partial charge in [-0.15, -0.1) is 12.4 Å². The highest BCUT2D eigenvalue weighted by atomic mass is 35.5. The van der Waals surface area contributed by atoms with E-state index >= 15 is 0 Å². The van der Waals surface area contributed by atoms with Gasteiger partial charge in [-0.2, -0.15) is 13.2 Å². The second kappa shape index (κ2) is 6.87. The van der Waals surface area contributed by atoms with Crippen LogP contribution >= 0.6 is 12.4 Å². The van der Waals surface area contributed by atoms with Crippen molar-refractivity contribution < 1.29 is 27.6 Å². The molecule has 0 amide bonds. The SMILES string of the molecule is CCc1noc(C)c1CN1C[C@@H](C(F)(F)F)[C@H](C(=O)O)C1.Cl. The summed E-state index contributed by atoms with van der Waals surface area (Å²) in [5, 5.41) is 12.8. The standard InChI is InChI=1S/C13H17F3N2O3.ClH/c1-3-11-8(7(2)21-17-11)4-18-5-9(12(19)20)10(6-18)13(14,15)16;/h9-10H,3-6H2,1-2H3,(H,19,20);1H/t9-,10-;/m1./s1. The van der Waals surface area contributed by atoms with Gasteiger partial charge in [0.2, 0.25) is 0 Å². The summed E-state index contributed by atoms with van der Waals surface area (Å²) in [7, 11) is 0. The molecule has 1 aliphatic rings. The highest BCUT2D eigenvalue weighted by Crippen LogP contribution is 2.38. The lowest BCUT2D eigenvalue weighted by molar-refractivity contribution is -0.188. The Labute approximate surface area is 131 Å². The van der Waals surface area contributed by atoms with Crippen molar-refractivity contribution in [1.82, 2.24) is 10.1 Å². The normalized spacial score (nSPS) is 22.6. The number of alkyl halides is 3. The molecule has 9 heteroatoms. The molecule has 22 heavy (non-hydrogen) atoms. The first kappa shape index (κ1) is 18.8. The maximum Gasteiger partial charge on any atom is 0.393 e. The van der Waals surface area contributed by atoms with Gasteiger partial charge in [0.05, 0.1) is 17.5 Å². The van der Waals surface area contributed by atoms with E-state index in [4.69, 9.17) is 9.63 Å². The molecule has 0 unspecified atom stereocenters. The van der Waals surface area contributed by atoms with Crippen LogP contribution in [0.2, 0.25) is 0 Å². The van der Waals surface area contributed by atoms with E-state index < -0.39 is 24.0 Å². The number of hydrogen-bond donors (Lipinski definition) is 1. The fraction of sp³-hybridized carbons (Fsp3) is 0.692. The molecule has 2 heterocycles. The van der Waals surface area contributed by atoms with E-state index in [0.29, 0.717) is 17.9 Å². The highest BCUT2D eigenvalue weighted by molar-refractivity contribution is 5.85. The lowest BCUT2D eigenvalue weighted by Crippen LogP contribution is -2.33. The van der Waals surface area contributed by atoms with Gasteiger partial charge in [-0.3, -0.25) is 9.69 Å². The van der Waals surface area contributed by atoms with E-state index in [0.717, 1.165) is 5.56 Å². The summed E-state index contributed by atoms with van der Waals surface area (Å²) in [5.74, 6) is -4.10. The van der Waals surface area contributed by atoms with E-state index in [2.05, 4.69) is 5.16 Å². The van der Waals surface area contributed by atoms with Crippen molar-refractivity contribution >= 4 is 18.4 Å². The molecule has 126 valence electrons. The smallest absolute Gasteiger partial charge is 0.393 e. The summed E-state index contributed by atoms with van der Waals surface area (Å²) in [6.07, 6.45) is -3.89. The molecule has 1 aliphatic heterocycles. The van der Waals surface area contributed by atoms with Crippen LogP contribution < -0.4 is 0 Å². The van der Waals surface area contributed by atoms with Gasteiger partial charge in [-0.05, 0) is 13.3 Å². The predicted molar refractivity (Wildman–Crippen MR) is 73.8 cm³/mol. The number of aromatic nitrogens is 1. The van der Waals surface area contributed by atoms with Crippen molar-refractivity contribution in [2.24, 2.45) is 11.8 Å². The van der Waals surface area contributed by atoms with E-state index in [-0.39, 0.29) is 32.0 Å². The highest BCUT2D eigenvalue weighted by Gasteiger charge is 2.52. The first-order valence-corrected chi connectivity index (χ1v) is 6.70. The van der Waals surface area contributed by atoms with Gasteiger partial charge >= 0.3 is 12.1 Å². The molecule has 0 spiro atoms. The second-order valence-corrected chi connectivity index (χ2v) is 5.30. The van der Waals surface area contributed by atoms with Crippen LogP contribution in [0.1, 0.15) is 23.9 Å². The molecule has 0 radical (unpaired) electrons. The number of carboxylic acids is 1. The van der Waals surface area contributed by atoms with Crippen molar-refractivity contribution in [2.75, 3.05) is 13.1 Å². The fourth-order valence-electron chi connectivity index (χ4n) is 2.74. The Morgan fingerprint density at radius 3 is 2.55 bits per heavy atom. The van der Waals surface area contributed by atoms with Crippen LogP contribution in [0, 0.1) is 18.8 Å².